The van der Waals surface area contributed by atoms with E-state index in [1.165, 1.54) is 12.0 Å². The summed E-state index contributed by atoms with van der Waals surface area (Å²) in [5.74, 6) is 0.653. The molecular weight excluding hydrogens is 236 g/mol. The number of rotatable bonds is 5. The van der Waals surface area contributed by atoms with Crippen molar-refractivity contribution in [3.63, 3.8) is 0 Å². The maximum atomic E-state index is 11.9. The summed E-state index contributed by atoms with van der Waals surface area (Å²) in [4.78, 5) is 11.9. The van der Waals surface area contributed by atoms with Crippen LogP contribution in [-0.4, -0.2) is 25.0 Å². The molecule has 1 aliphatic rings. The minimum absolute atomic E-state index is 0.0285. The molecule has 3 heteroatoms. The second-order valence-electron chi connectivity index (χ2n) is 5.39. The van der Waals surface area contributed by atoms with Gasteiger partial charge in [0, 0.05) is 6.54 Å². The summed E-state index contributed by atoms with van der Waals surface area (Å²) in [6.45, 7) is 3.94. The van der Waals surface area contributed by atoms with Crippen molar-refractivity contribution >= 4 is 5.91 Å². The van der Waals surface area contributed by atoms with Gasteiger partial charge in [-0.05, 0) is 37.3 Å². The molecule has 0 spiro atoms. The molecule has 0 aliphatic carbocycles. The molecule has 1 heterocycles. The van der Waals surface area contributed by atoms with Crippen molar-refractivity contribution in [1.29, 1.82) is 0 Å². The van der Waals surface area contributed by atoms with E-state index in [0.717, 1.165) is 32.4 Å². The lowest BCUT2D eigenvalue weighted by molar-refractivity contribution is -0.123. The molecule has 0 bridgehead atoms. The van der Waals surface area contributed by atoms with Crippen LogP contribution in [-0.2, 0) is 4.79 Å². The highest BCUT2D eigenvalue weighted by Crippen LogP contribution is 2.17. The van der Waals surface area contributed by atoms with E-state index in [2.05, 4.69) is 41.8 Å². The summed E-state index contributed by atoms with van der Waals surface area (Å²) < 4.78 is 0. The highest BCUT2D eigenvalue weighted by Gasteiger charge is 2.19. The Morgan fingerprint density at radius 2 is 2.16 bits per heavy atom. The lowest BCUT2D eigenvalue weighted by Crippen LogP contribution is -2.46. The van der Waals surface area contributed by atoms with Gasteiger partial charge in [-0.25, -0.2) is 0 Å². The Hall–Kier alpha value is -1.35. The van der Waals surface area contributed by atoms with Gasteiger partial charge in [0.2, 0.25) is 5.91 Å². The summed E-state index contributed by atoms with van der Waals surface area (Å²) in [7, 11) is 0. The Bertz CT molecular complexity index is 385. The smallest absolute Gasteiger partial charge is 0.237 e. The van der Waals surface area contributed by atoms with E-state index in [1.807, 2.05) is 6.07 Å². The zero-order valence-corrected chi connectivity index (χ0v) is 11.7. The molecule has 104 valence electrons. The van der Waals surface area contributed by atoms with Crippen molar-refractivity contribution in [3.8, 4) is 0 Å². The van der Waals surface area contributed by atoms with Crippen LogP contribution in [0.25, 0.3) is 0 Å². The first-order chi connectivity index (χ1) is 9.27. The number of hydrogen-bond acceptors (Lipinski definition) is 2. The molecule has 1 aromatic rings. The largest absolute Gasteiger partial charge is 0.355 e. The van der Waals surface area contributed by atoms with Crippen LogP contribution < -0.4 is 10.6 Å². The topological polar surface area (TPSA) is 41.1 Å². The van der Waals surface area contributed by atoms with E-state index in [1.54, 1.807) is 0 Å². The second-order valence-corrected chi connectivity index (χ2v) is 5.39. The minimum Gasteiger partial charge on any atom is -0.355 e. The monoisotopic (exact) mass is 260 g/mol. The summed E-state index contributed by atoms with van der Waals surface area (Å²) >= 11 is 0. The fraction of sp³-hybridized carbons (Fsp3) is 0.562. The first kappa shape index (κ1) is 14.1. The van der Waals surface area contributed by atoms with Crippen LogP contribution in [0.2, 0.25) is 0 Å². The summed E-state index contributed by atoms with van der Waals surface area (Å²) in [6, 6.07) is 10.5. The van der Waals surface area contributed by atoms with Crippen molar-refractivity contribution in [2.45, 2.75) is 44.6 Å². The van der Waals surface area contributed by atoms with Gasteiger partial charge in [0.25, 0.3) is 0 Å². The third-order valence-electron chi connectivity index (χ3n) is 3.87. The van der Waals surface area contributed by atoms with E-state index in [0.29, 0.717) is 5.92 Å². The van der Waals surface area contributed by atoms with Crippen LogP contribution in [0.4, 0.5) is 0 Å². The predicted molar refractivity (Wildman–Crippen MR) is 78.1 cm³/mol. The number of carbonyl (C=O) groups is 1. The van der Waals surface area contributed by atoms with E-state index in [9.17, 15) is 4.79 Å². The molecule has 1 aromatic carbocycles. The molecule has 0 aromatic heterocycles. The maximum absolute atomic E-state index is 11.9. The Kier molecular flexibility index (Phi) is 5.40. The maximum Gasteiger partial charge on any atom is 0.237 e. The fourth-order valence-electron chi connectivity index (χ4n) is 2.56. The minimum atomic E-state index is 0.0285. The molecule has 1 saturated heterocycles. The lowest BCUT2D eigenvalue weighted by Gasteiger charge is -2.23. The molecule has 3 nitrogen and oxygen atoms in total. The van der Waals surface area contributed by atoms with E-state index in [-0.39, 0.29) is 11.9 Å². The number of benzene rings is 1. The van der Waals surface area contributed by atoms with Crippen molar-refractivity contribution < 1.29 is 4.79 Å². The van der Waals surface area contributed by atoms with E-state index in [4.69, 9.17) is 0 Å². The van der Waals surface area contributed by atoms with Gasteiger partial charge in [-0.3, -0.25) is 4.79 Å². The van der Waals surface area contributed by atoms with Crippen LogP contribution in [0.1, 0.15) is 44.1 Å². The van der Waals surface area contributed by atoms with E-state index < -0.39 is 0 Å². The summed E-state index contributed by atoms with van der Waals surface area (Å²) in [6.07, 6.45) is 4.31. The zero-order chi connectivity index (χ0) is 13.5. The Morgan fingerprint density at radius 3 is 2.84 bits per heavy atom. The SMILES string of the molecule is CC(CCNC(=O)C1CCCCN1)c1ccccc1. The predicted octanol–water partition coefficient (Wildman–Crippen LogP) is 2.44. The molecule has 2 N–H and O–H groups in total. The van der Waals surface area contributed by atoms with Crippen molar-refractivity contribution in [2.75, 3.05) is 13.1 Å². The third kappa shape index (κ3) is 4.35. The average Bonchev–Trinajstić information content (AvgIpc) is 2.49. The quantitative estimate of drug-likeness (QED) is 0.854. The molecule has 19 heavy (non-hydrogen) atoms. The van der Waals surface area contributed by atoms with Gasteiger partial charge < -0.3 is 10.6 Å². The molecule has 0 saturated carbocycles. The molecule has 1 fully saturated rings. The number of carbonyl (C=O) groups excluding carboxylic acids is 1. The highest BCUT2D eigenvalue weighted by atomic mass is 16.2. The lowest BCUT2D eigenvalue weighted by atomic mass is 9.98. The van der Waals surface area contributed by atoms with Gasteiger partial charge in [-0.1, -0.05) is 43.7 Å². The first-order valence-corrected chi connectivity index (χ1v) is 7.33. The van der Waals surface area contributed by atoms with Crippen LogP contribution in [0.15, 0.2) is 30.3 Å². The molecule has 0 radical (unpaired) electrons. The summed E-state index contributed by atoms with van der Waals surface area (Å²) in [5.41, 5.74) is 1.34. The van der Waals surface area contributed by atoms with Crippen molar-refractivity contribution in [2.24, 2.45) is 0 Å². The first-order valence-electron chi connectivity index (χ1n) is 7.33. The van der Waals surface area contributed by atoms with Gasteiger partial charge in [-0.2, -0.15) is 0 Å². The normalized spacial score (nSPS) is 20.8. The molecule has 2 unspecified atom stereocenters. The Morgan fingerprint density at radius 1 is 1.37 bits per heavy atom. The van der Waals surface area contributed by atoms with Gasteiger partial charge in [0.15, 0.2) is 0 Å². The standard InChI is InChI=1S/C16H24N2O/c1-13(14-7-3-2-4-8-14)10-12-18-16(19)15-9-5-6-11-17-15/h2-4,7-8,13,15,17H,5-6,9-12H2,1H3,(H,18,19). The molecule has 2 rings (SSSR count). The van der Waals surface area contributed by atoms with Gasteiger partial charge in [0.1, 0.15) is 0 Å². The van der Waals surface area contributed by atoms with Gasteiger partial charge >= 0.3 is 0 Å². The molecule has 1 aliphatic heterocycles. The Labute approximate surface area is 115 Å². The van der Waals surface area contributed by atoms with Crippen molar-refractivity contribution in [1.82, 2.24) is 10.6 Å². The number of piperidine rings is 1. The number of amides is 1. The van der Waals surface area contributed by atoms with Crippen LogP contribution in [0, 0.1) is 0 Å². The number of nitrogens with one attached hydrogen (secondary N) is 2. The van der Waals surface area contributed by atoms with Crippen LogP contribution in [0.3, 0.4) is 0 Å². The zero-order valence-electron chi connectivity index (χ0n) is 11.7. The van der Waals surface area contributed by atoms with E-state index >= 15 is 0 Å². The average molecular weight is 260 g/mol. The van der Waals surface area contributed by atoms with Crippen LogP contribution >= 0.6 is 0 Å². The van der Waals surface area contributed by atoms with Gasteiger partial charge in [-0.15, -0.1) is 0 Å². The highest BCUT2D eigenvalue weighted by molar-refractivity contribution is 5.81. The number of hydrogen-bond donors (Lipinski definition) is 2. The second kappa shape index (κ2) is 7.29. The fourth-order valence-corrected chi connectivity index (χ4v) is 2.56. The molecule has 2 atom stereocenters. The van der Waals surface area contributed by atoms with Crippen LogP contribution in [0.5, 0.6) is 0 Å². The van der Waals surface area contributed by atoms with Crippen molar-refractivity contribution in [3.05, 3.63) is 35.9 Å². The third-order valence-corrected chi connectivity index (χ3v) is 3.87. The molecule has 1 amide bonds. The van der Waals surface area contributed by atoms with Gasteiger partial charge in [0.05, 0.1) is 6.04 Å². The molecular formula is C16H24N2O. The summed E-state index contributed by atoms with van der Waals surface area (Å²) in [5, 5.41) is 6.33. The Balaban J connectivity index is 1.69.